The highest BCUT2D eigenvalue weighted by Gasteiger charge is 2.38. The van der Waals surface area contributed by atoms with Gasteiger partial charge >= 0.3 is 5.97 Å². The van der Waals surface area contributed by atoms with Crippen LogP contribution < -0.4 is 5.32 Å². The molecule has 1 aliphatic rings. The molecule has 30 heavy (non-hydrogen) atoms. The first-order valence-corrected chi connectivity index (χ1v) is 9.86. The number of aryl methyl sites for hydroxylation is 2. The quantitative estimate of drug-likeness (QED) is 0.733. The fourth-order valence-electron chi connectivity index (χ4n) is 3.81. The summed E-state index contributed by atoms with van der Waals surface area (Å²) in [5.41, 5.74) is 5.16. The summed E-state index contributed by atoms with van der Waals surface area (Å²) in [6.45, 7) is 7.90. The number of amides is 1. The van der Waals surface area contributed by atoms with Crippen LogP contribution in [0.5, 0.6) is 0 Å². The third kappa shape index (κ3) is 4.28. The largest absolute Gasteiger partial charge is 0.468 e. The second kappa shape index (κ2) is 8.79. The van der Waals surface area contributed by atoms with Crippen LogP contribution in [0.2, 0.25) is 0 Å². The van der Waals surface area contributed by atoms with Gasteiger partial charge in [0.05, 0.1) is 7.11 Å². The molecular weight excluding hydrogens is 383 g/mol. The van der Waals surface area contributed by atoms with Crippen LogP contribution in [0, 0.1) is 19.7 Å². The first-order chi connectivity index (χ1) is 14.2. The van der Waals surface area contributed by atoms with Crippen molar-refractivity contribution in [2.24, 2.45) is 0 Å². The predicted octanol–water partition coefficient (Wildman–Crippen LogP) is 3.95. The number of hydrogen-bond acceptors (Lipinski definition) is 4. The number of benzene rings is 2. The van der Waals surface area contributed by atoms with Crippen LogP contribution in [0.25, 0.3) is 0 Å². The molecule has 158 valence electrons. The van der Waals surface area contributed by atoms with Crippen LogP contribution in [0.3, 0.4) is 0 Å². The molecule has 1 heterocycles. The Bertz CT molecular complexity index is 998. The van der Waals surface area contributed by atoms with Crippen molar-refractivity contribution in [3.8, 4) is 0 Å². The van der Waals surface area contributed by atoms with Gasteiger partial charge in [-0.05, 0) is 62.1 Å². The van der Waals surface area contributed by atoms with Gasteiger partial charge in [0.25, 0.3) is 5.91 Å². The molecule has 5 nitrogen and oxygen atoms in total. The minimum absolute atomic E-state index is 0.112. The van der Waals surface area contributed by atoms with Crippen LogP contribution in [0.1, 0.15) is 42.1 Å². The molecule has 2 aromatic rings. The molecule has 0 saturated carbocycles. The van der Waals surface area contributed by atoms with Crippen molar-refractivity contribution < 1.29 is 18.7 Å². The average molecular weight is 410 g/mol. The van der Waals surface area contributed by atoms with Crippen LogP contribution >= 0.6 is 0 Å². The van der Waals surface area contributed by atoms with E-state index in [1.165, 1.54) is 19.2 Å². The Morgan fingerprint density at radius 3 is 2.40 bits per heavy atom. The van der Waals surface area contributed by atoms with Gasteiger partial charge in [-0.1, -0.05) is 35.9 Å². The summed E-state index contributed by atoms with van der Waals surface area (Å²) in [5, 5.41) is 3.33. The topological polar surface area (TPSA) is 58.6 Å². The summed E-state index contributed by atoms with van der Waals surface area (Å²) in [5.74, 6) is -0.862. The van der Waals surface area contributed by atoms with Crippen molar-refractivity contribution in [2.45, 2.75) is 46.4 Å². The number of carbonyl (C=O) groups excluding carboxylic acids is 2. The van der Waals surface area contributed by atoms with Crippen LogP contribution in [0.15, 0.2) is 53.6 Å². The van der Waals surface area contributed by atoms with E-state index in [2.05, 4.69) is 5.32 Å². The van der Waals surface area contributed by atoms with Gasteiger partial charge in [-0.3, -0.25) is 10.1 Å². The van der Waals surface area contributed by atoms with E-state index in [9.17, 15) is 14.0 Å². The molecule has 0 bridgehead atoms. The molecule has 6 heteroatoms. The summed E-state index contributed by atoms with van der Waals surface area (Å²) < 4.78 is 18.3. The molecule has 0 saturated heterocycles. The Balaban J connectivity index is 1.94. The first-order valence-electron chi connectivity index (χ1n) is 9.86. The molecule has 0 fully saturated rings. The maximum Gasteiger partial charge on any atom is 0.327 e. The van der Waals surface area contributed by atoms with Gasteiger partial charge in [0.2, 0.25) is 0 Å². The molecule has 1 N–H and O–H groups in total. The smallest absolute Gasteiger partial charge is 0.327 e. The molecule has 3 rings (SSSR count). The summed E-state index contributed by atoms with van der Waals surface area (Å²) >= 11 is 0. The Labute approximate surface area is 176 Å². The third-order valence-electron chi connectivity index (χ3n) is 5.66. The summed E-state index contributed by atoms with van der Waals surface area (Å²) in [4.78, 5) is 27.2. The lowest BCUT2D eigenvalue weighted by Gasteiger charge is -2.31. The lowest BCUT2D eigenvalue weighted by molar-refractivity contribution is -0.144. The summed E-state index contributed by atoms with van der Waals surface area (Å²) in [6, 6.07) is 11.2. The molecule has 2 aromatic carbocycles. The van der Waals surface area contributed by atoms with Gasteiger partial charge in [-0.2, -0.15) is 0 Å². The molecule has 0 unspecified atom stereocenters. The number of halogens is 1. The fourth-order valence-corrected chi connectivity index (χ4v) is 3.81. The zero-order chi connectivity index (χ0) is 22.0. The van der Waals surface area contributed by atoms with Crippen molar-refractivity contribution >= 4 is 11.9 Å². The molecule has 0 aromatic heterocycles. The lowest BCUT2D eigenvalue weighted by Crippen LogP contribution is -2.48. The van der Waals surface area contributed by atoms with Crippen LogP contribution in [0.4, 0.5) is 4.39 Å². The number of nitrogens with zero attached hydrogens (tertiary/aromatic N) is 1. The van der Waals surface area contributed by atoms with Gasteiger partial charge in [0.15, 0.2) is 0 Å². The highest BCUT2D eigenvalue weighted by molar-refractivity contribution is 5.97. The van der Waals surface area contributed by atoms with Crippen molar-refractivity contribution in [1.29, 1.82) is 0 Å². The highest BCUT2D eigenvalue weighted by atomic mass is 19.1. The number of rotatable bonds is 6. The lowest BCUT2D eigenvalue weighted by atomic mass is 9.98. The molecule has 1 aliphatic heterocycles. The van der Waals surface area contributed by atoms with E-state index in [1.807, 2.05) is 39.0 Å². The van der Waals surface area contributed by atoms with Gasteiger partial charge < -0.3 is 9.64 Å². The average Bonchev–Trinajstić information content (AvgIpc) is 2.91. The second-order valence-electron chi connectivity index (χ2n) is 7.75. The highest BCUT2D eigenvalue weighted by Crippen LogP contribution is 2.29. The number of carbonyl (C=O) groups is 2. The maximum atomic E-state index is 13.3. The van der Waals surface area contributed by atoms with E-state index < -0.39 is 18.2 Å². The van der Waals surface area contributed by atoms with Gasteiger partial charge in [-0.25, -0.2) is 9.18 Å². The second-order valence-corrected chi connectivity index (χ2v) is 7.75. The van der Waals surface area contributed by atoms with E-state index in [4.69, 9.17) is 4.74 Å². The maximum absolute atomic E-state index is 13.3. The number of esters is 1. The predicted molar refractivity (Wildman–Crippen MR) is 113 cm³/mol. The monoisotopic (exact) mass is 410 g/mol. The molecular formula is C24H27FN2O3. The van der Waals surface area contributed by atoms with Crippen LogP contribution in [-0.2, 0) is 20.9 Å². The summed E-state index contributed by atoms with van der Waals surface area (Å²) in [6.07, 6.45) is -0.479. The molecule has 0 spiro atoms. The Hall–Kier alpha value is -2.99. The number of ether oxygens (including phenoxy) is 1. The number of nitrogens with one attached hydrogen (secondary N) is 1. The third-order valence-corrected chi connectivity index (χ3v) is 5.66. The molecule has 1 amide bonds. The Kier molecular flexibility index (Phi) is 6.37. The SMILES string of the molecule is COC(=O)[C@H](N[C@@H]1C(C)=C(C)C(=O)N1Cc1ccc(F)cc1)c1ccc(C)cc1C. The van der Waals surface area contributed by atoms with Gasteiger partial charge in [-0.15, -0.1) is 0 Å². The van der Waals surface area contributed by atoms with Crippen molar-refractivity contribution in [3.63, 3.8) is 0 Å². The van der Waals surface area contributed by atoms with E-state index >= 15 is 0 Å². The molecule has 2 atom stereocenters. The van der Waals surface area contributed by atoms with Crippen molar-refractivity contribution in [2.75, 3.05) is 7.11 Å². The van der Waals surface area contributed by atoms with E-state index in [1.54, 1.807) is 24.0 Å². The number of methoxy groups -OCH3 is 1. The van der Waals surface area contributed by atoms with Crippen LogP contribution in [-0.4, -0.2) is 30.1 Å². The first kappa shape index (κ1) is 21.7. The standard InChI is InChI=1S/C24H27FN2O3/c1-14-6-11-20(15(2)12-14)21(24(29)30-5)26-22-16(3)17(4)23(28)27(22)13-18-7-9-19(25)10-8-18/h6-12,21-22,26H,13H2,1-5H3/t21-,22+/m1/s1. The van der Waals surface area contributed by atoms with Gasteiger partial charge in [0.1, 0.15) is 18.0 Å². The Morgan fingerprint density at radius 1 is 1.13 bits per heavy atom. The minimum Gasteiger partial charge on any atom is -0.468 e. The number of hydrogen-bond donors (Lipinski definition) is 1. The Morgan fingerprint density at radius 2 is 1.80 bits per heavy atom. The van der Waals surface area contributed by atoms with Crippen molar-refractivity contribution in [3.05, 3.63) is 81.7 Å². The fraction of sp³-hybridized carbons (Fsp3) is 0.333. The van der Waals surface area contributed by atoms with E-state index in [0.29, 0.717) is 12.1 Å². The van der Waals surface area contributed by atoms with E-state index in [0.717, 1.165) is 27.8 Å². The molecule has 0 radical (unpaired) electrons. The van der Waals surface area contributed by atoms with Crippen molar-refractivity contribution in [1.82, 2.24) is 10.2 Å². The zero-order valence-corrected chi connectivity index (χ0v) is 18.0. The normalized spacial score (nSPS) is 17.5. The zero-order valence-electron chi connectivity index (χ0n) is 18.0. The molecule has 0 aliphatic carbocycles. The van der Waals surface area contributed by atoms with E-state index in [-0.39, 0.29) is 11.7 Å². The van der Waals surface area contributed by atoms with Gasteiger partial charge in [0, 0.05) is 12.1 Å². The minimum atomic E-state index is -0.732. The summed E-state index contributed by atoms with van der Waals surface area (Å²) in [7, 11) is 1.35.